The number of hydrogen-bond donors (Lipinski definition) is 2. The van der Waals surface area contributed by atoms with E-state index in [2.05, 4.69) is 17.2 Å². The van der Waals surface area contributed by atoms with E-state index in [9.17, 15) is 22.8 Å². The summed E-state index contributed by atoms with van der Waals surface area (Å²) >= 11 is 0. The van der Waals surface area contributed by atoms with Gasteiger partial charge < -0.3 is 10.6 Å². The van der Waals surface area contributed by atoms with Crippen LogP contribution in [0.1, 0.15) is 12.5 Å². The van der Waals surface area contributed by atoms with Crippen LogP contribution in [0.5, 0.6) is 0 Å². The Morgan fingerprint density at radius 1 is 1.20 bits per heavy atom. The zero-order valence-electron chi connectivity index (χ0n) is 10.5. The number of alkyl halides is 3. The lowest BCUT2D eigenvalue weighted by Gasteiger charge is -2.03. The van der Waals surface area contributed by atoms with Gasteiger partial charge in [-0.25, -0.2) is 0 Å². The molecule has 0 bridgehead atoms. The molecule has 0 unspecified atom stereocenters. The molecule has 0 atom stereocenters. The largest absolute Gasteiger partial charge is 0.471 e. The van der Waals surface area contributed by atoms with Crippen molar-refractivity contribution in [3.05, 3.63) is 29.8 Å². The van der Waals surface area contributed by atoms with E-state index >= 15 is 0 Å². The summed E-state index contributed by atoms with van der Waals surface area (Å²) in [5.74, 6) is 2.75. The molecule has 20 heavy (non-hydrogen) atoms. The number of rotatable bonds is 2. The number of carbonyl (C=O) groups is 2. The van der Waals surface area contributed by atoms with Crippen molar-refractivity contribution in [2.75, 3.05) is 11.9 Å². The van der Waals surface area contributed by atoms with E-state index < -0.39 is 18.6 Å². The van der Waals surface area contributed by atoms with Crippen LogP contribution >= 0.6 is 0 Å². The summed E-state index contributed by atoms with van der Waals surface area (Å²) in [6.07, 6.45) is -4.90. The summed E-state index contributed by atoms with van der Waals surface area (Å²) in [6, 6.07) is 6.42. The van der Waals surface area contributed by atoms with Crippen molar-refractivity contribution in [2.24, 2.45) is 0 Å². The van der Waals surface area contributed by atoms with Crippen molar-refractivity contribution in [3.63, 3.8) is 0 Å². The average molecular weight is 284 g/mol. The molecule has 0 fully saturated rings. The Balaban J connectivity index is 2.52. The van der Waals surface area contributed by atoms with Crippen LogP contribution in [0.4, 0.5) is 18.9 Å². The molecule has 1 aromatic carbocycles. The standard InChI is InChI=1S/C13H11F3N2O2/c1-9(19)18-11-6-4-10(5-7-11)3-2-8-17-12(20)13(14,15)16/h4-7H,8H2,1H3,(H,17,20)(H,18,19). The molecule has 2 amide bonds. The van der Waals surface area contributed by atoms with Crippen LogP contribution in [0.3, 0.4) is 0 Å². The summed E-state index contributed by atoms with van der Waals surface area (Å²) in [7, 11) is 0. The molecule has 0 saturated carbocycles. The molecule has 1 aromatic rings. The minimum absolute atomic E-state index is 0.210. The molecule has 0 radical (unpaired) electrons. The Morgan fingerprint density at radius 2 is 1.80 bits per heavy atom. The third kappa shape index (κ3) is 5.44. The molecule has 0 saturated heterocycles. The number of benzene rings is 1. The molecule has 2 N–H and O–H groups in total. The van der Waals surface area contributed by atoms with Crippen LogP contribution < -0.4 is 10.6 Å². The molecule has 0 aliphatic carbocycles. The van der Waals surface area contributed by atoms with Gasteiger partial charge in [0, 0.05) is 18.2 Å². The molecule has 0 aromatic heterocycles. The fourth-order valence-corrected chi connectivity index (χ4v) is 1.21. The van der Waals surface area contributed by atoms with Gasteiger partial charge in [0.15, 0.2) is 0 Å². The Labute approximate surface area is 113 Å². The number of amides is 2. The van der Waals surface area contributed by atoms with E-state index in [1.54, 1.807) is 29.6 Å². The third-order valence-corrected chi connectivity index (χ3v) is 2.03. The SMILES string of the molecule is CC(=O)Nc1ccc(C#CCNC(=O)C(F)(F)F)cc1. The maximum Gasteiger partial charge on any atom is 0.471 e. The predicted molar refractivity (Wildman–Crippen MR) is 66.7 cm³/mol. The fraction of sp³-hybridized carbons (Fsp3) is 0.231. The number of halogens is 3. The number of nitrogens with one attached hydrogen (secondary N) is 2. The van der Waals surface area contributed by atoms with Gasteiger partial charge in [0.1, 0.15) is 0 Å². The van der Waals surface area contributed by atoms with Crippen LogP contribution in [0.2, 0.25) is 0 Å². The van der Waals surface area contributed by atoms with Gasteiger partial charge in [-0.2, -0.15) is 13.2 Å². The normalized spacial score (nSPS) is 10.2. The van der Waals surface area contributed by atoms with Gasteiger partial charge in [0.2, 0.25) is 5.91 Å². The minimum Gasteiger partial charge on any atom is -0.337 e. The first-order valence-electron chi connectivity index (χ1n) is 5.50. The van der Waals surface area contributed by atoms with Gasteiger partial charge in [0.05, 0.1) is 6.54 Å². The van der Waals surface area contributed by atoms with Crippen LogP contribution in [0.25, 0.3) is 0 Å². The maximum absolute atomic E-state index is 11.9. The fourth-order valence-electron chi connectivity index (χ4n) is 1.21. The molecule has 1 rings (SSSR count). The van der Waals surface area contributed by atoms with Gasteiger partial charge in [-0.05, 0) is 24.3 Å². The van der Waals surface area contributed by atoms with Crippen LogP contribution in [-0.4, -0.2) is 24.5 Å². The molecule has 0 aliphatic rings. The highest BCUT2D eigenvalue weighted by atomic mass is 19.4. The lowest BCUT2D eigenvalue weighted by Crippen LogP contribution is -2.36. The highest BCUT2D eigenvalue weighted by Gasteiger charge is 2.38. The van der Waals surface area contributed by atoms with Crippen molar-refractivity contribution in [3.8, 4) is 11.8 Å². The molecular weight excluding hydrogens is 273 g/mol. The molecular formula is C13H11F3N2O2. The van der Waals surface area contributed by atoms with Crippen molar-refractivity contribution in [2.45, 2.75) is 13.1 Å². The Bertz CT molecular complexity index is 554. The zero-order chi connectivity index (χ0) is 15.2. The van der Waals surface area contributed by atoms with Gasteiger partial charge >= 0.3 is 12.1 Å². The first-order valence-corrected chi connectivity index (χ1v) is 5.50. The second kappa shape index (κ2) is 6.61. The second-order valence-electron chi connectivity index (χ2n) is 3.74. The summed E-state index contributed by atoms with van der Waals surface area (Å²) in [6.45, 7) is 0.975. The summed E-state index contributed by atoms with van der Waals surface area (Å²) in [4.78, 5) is 21.3. The summed E-state index contributed by atoms with van der Waals surface area (Å²) < 4.78 is 35.6. The molecule has 106 valence electrons. The van der Waals surface area contributed by atoms with E-state index in [1.807, 2.05) is 0 Å². The lowest BCUT2D eigenvalue weighted by atomic mass is 10.2. The zero-order valence-corrected chi connectivity index (χ0v) is 10.5. The summed E-state index contributed by atoms with van der Waals surface area (Å²) in [5, 5.41) is 4.20. The van der Waals surface area contributed by atoms with E-state index in [-0.39, 0.29) is 5.91 Å². The third-order valence-electron chi connectivity index (χ3n) is 2.03. The van der Waals surface area contributed by atoms with Crippen molar-refractivity contribution < 1.29 is 22.8 Å². The van der Waals surface area contributed by atoms with Crippen LogP contribution in [0.15, 0.2) is 24.3 Å². The van der Waals surface area contributed by atoms with Crippen LogP contribution in [0, 0.1) is 11.8 Å². The first-order chi connectivity index (χ1) is 9.29. The number of carbonyl (C=O) groups excluding carboxylic acids is 2. The van der Waals surface area contributed by atoms with E-state index in [0.29, 0.717) is 11.3 Å². The second-order valence-corrected chi connectivity index (χ2v) is 3.74. The number of hydrogen-bond acceptors (Lipinski definition) is 2. The smallest absolute Gasteiger partial charge is 0.337 e. The monoisotopic (exact) mass is 284 g/mol. The Kier molecular flexibility index (Phi) is 5.15. The van der Waals surface area contributed by atoms with Crippen molar-refractivity contribution in [1.82, 2.24) is 5.32 Å². The van der Waals surface area contributed by atoms with E-state index in [4.69, 9.17) is 0 Å². The van der Waals surface area contributed by atoms with E-state index in [1.165, 1.54) is 6.92 Å². The number of anilines is 1. The van der Waals surface area contributed by atoms with E-state index in [0.717, 1.165) is 0 Å². The molecule has 7 heteroatoms. The maximum atomic E-state index is 11.9. The minimum atomic E-state index is -4.90. The molecule has 0 aliphatic heterocycles. The predicted octanol–water partition coefficient (Wildman–Crippen LogP) is 1.67. The van der Waals surface area contributed by atoms with Gasteiger partial charge in [-0.1, -0.05) is 11.8 Å². The lowest BCUT2D eigenvalue weighted by molar-refractivity contribution is -0.173. The Morgan fingerprint density at radius 3 is 2.30 bits per heavy atom. The Hall–Kier alpha value is -2.49. The molecule has 4 nitrogen and oxygen atoms in total. The van der Waals surface area contributed by atoms with Gasteiger partial charge in [-0.3, -0.25) is 9.59 Å². The van der Waals surface area contributed by atoms with Gasteiger partial charge in [-0.15, -0.1) is 0 Å². The summed E-state index contributed by atoms with van der Waals surface area (Å²) in [5.41, 5.74) is 1.15. The first kappa shape index (κ1) is 15.6. The average Bonchev–Trinajstić information content (AvgIpc) is 2.34. The van der Waals surface area contributed by atoms with Gasteiger partial charge in [0.25, 0.3) is 0 Å². The highest BCUT2D eigenvalue weighted by Crippen LogP contribution is 2.13. The van der Waals surface area contributed by atoms with Crippen LogP contribution in [-0.2, 0) is 9.59 Å². The molecule has 0 heterocycles. The van der Waals surface area contributed by atoms with Crippen molar-refractivity contribution >= 4 is 17.5 Å². The topological polar surface area (TPSA) is 58.2 Å². The van der Waals surface area contributed by atoms with Crippen molar-refractivity contribution in [1.29, 1.82) is 0 Å². The molecule has 0 spiro atoms. The quantitative estimate of drug-likeness (QED) is 0.812. The highest BCUT2D eigenvalue weighted by molar-refractivity contribution is 5.88.